The fraction of sp³-hybridized carbons (Fsp3) is 0.278. The van der Waals surface area contributed by atoms with Crippen LogP contribution in [0.15, 0.2) is 42.5 Å². The van der Waals surface area contributed by atoms with Gasteiger partial charge in [0.15, 0.2) is 17.7 Å². The maximum atomic E-state index is 9.70. The number of ether oxygens (including phenoxy) is 2. The molecule has 1 saturated heterocycles. The van der Waals surface area contributed by atoms with Gasteiger partial charge in [0.05, 0.1) is 18.0 Å². The van der Waals surface area contributed by atoms with Crippen LogP contribution in [0.4, 0.5) is 0 Å². The number of para-hydroxylation sites is 1. The first-order valence-corrected chi connectivity index (χ1v) is 8.24. The maximum Gasteiger partial charge on any atom is 0.166 e. The minimum atomic E-state index is -0.241. The summed E-state index contributed by atoms with van der Waals surface area (Å²) >= 11 is 5.58. The highest BCUT2D eigenvalue weighted by molar-refractivity contribution is 7.80. The topological polar surface area (TPSA) is 62.8 Å². The Kier molecular flexibility index (Phi) is 3.78. The maximum absolute atomic E-state index is 9.70. The monoisotopic (exact) mass is 342 g/mol. The van der Waals surface area contributed by atoms with Crippen LogP contribution in [0.1, 0.15) is 17.3 Å². The molecule has 3 N–H and O–H groups in total. The van der Waals surface area contributed by atoms with Crippen LogP contribution in [0.25, 0.3) is 0 Å². The number of hydrogen-bond acceptors (Lipinski definition) is 5. The van der Waals surface area contributed by atoms with Gasteiger partial charge >= 0.3 is 0 Å². The Balaban J connectivity index is 1.64. The summed E-state index contributed by atoms with van der Waals surface area (Å²) < 4.78 is 11.6. The van der Waals surface area contributed by atoms with Crippen molar-refractivity contribution in [3.63, 3.8) is 0 Å². The molecule has 2 aromatic carbocycles. The van der Waals surface area contributed by atoms with Crippen molar-refractivity contribution in [1.82, 2.24) is 10.6 Å². The predicted molar refractivity (Wildman–Crippen MR) is 94.3 cm³/mol. The van der Waals surface area contributed by atoms with E-state index in [1.54, 1.807) is 19.2 Å². The molecule has 2 aromatic rings. The molecule has 0 radical (unpaired) electrons. The van der Waals surface area contributed by atoms with Crippen molar-refractivity contribution >= 4 is 17.2 Å². The molecule has 0 amide bonds. The van der Waals surface area contributed by atoms with Gasteiger partial charge in [0.25, 0.3) is 0 Å². The Morgan fingerprint density at radius 2 is 2.08 bits per heavy atom. The third kappa shape index (κ3) is 2.57. The molecule has 124 valence electrons. The molecule has 0 bridgehead atoms. The van der Waals surface area contributed by atoms with Crippen LogP contribution in [0.5, 0.6) is 17.2 Å². The van der Waals surface area contributed by atoms with E-state index in [1.807, 2.05) is 30.3 Å². The van der Waals surface area contributed by atoms with Crippen molar-refractivity contribution in [3.8, 4) is 17.2 Å². The number of phenolic OH excluding ortho intramolecular Hbond substituents is 1. The van der Waals surface area contributed by atoms with Gasteiger partial charge in [0.2, 0.25) is 0 Å². The average molecular weight is 342 g/mol. The molecule has 2 aliphatic rings. The first-order valence-electron chi connectivity index (χ1n) is 7.83. The van der Waals surface area contributed by atoms with Gasteiger partial charge < -0.3 is 19.9 Å². The predicted octanol–water partition coefficient (Wildman–Crippen LogP) is 2.50. The van der Waals surface area contributed by atoms with E-state index < -0.39 is 0 Å². The molecule has 6 heteroatoms. The molecule has 2 heterocycles. The van der Waals surface area contributed by atoms with Crippen LogP contribution in [0, 0.1) is 5.92 Å². The van der Waals surface area contributed by atoms with Crippen LogP contribution >= 0.6 is 12.2 Å². The molecule has 0 spiro atoms. The third-order valence-electron chi connectivity index (χ3n) is 4.49. The van der Waals surface area contributed by atoms with Crippen molar-refractivity contribution in [2.75, 3.05) is 7.11 Å². The number of fused-ring (bicyclic) bond motifs is 2. The van der Waals surface area contributed by atoms with Crippen LogP contribution < -0.4 is 20.1 Å². The fourth-order valence-corrected chi connectivity index (χ4v) is 3.61. The number of methoxy groups -OCH3 is 1. The minimum absolute atomic E-state index is 0.0631. The lowest BCUT2D eigenvalue weighted by atomic mass is 9.91. The van der Waals surface area contributed by atoms with E-state index in [-0.39, 0.29) is 24.1 Å². The summed E-state index contributed by atoms with van der Waals surface area (Å²) in [7, 11) is 1.64. The summed E-state index contributed by atoms with van der Waals surface area (Å²) in [5.41, 5.74) is 2.00. The lowest BCUT2D eigenvalue weighted by Gasteiger charge is -2.42. The molecule has 0 aromatic heterocycles. The molecule has 1 fully saturated rings. The molecule has 0 aliphatic carbocycles. The van der Waals surface area contributed by atoms with Crippen LogP contribution in [0.2, 0.25) is 0 Å². The molecule has 5 nitrogen and oxygen atoms in total. The lowest BCUT2D eigenvalue weighted by molar-refractivity contribution is 0.0770. The first-order chi connectivity index (χ1) is 11.7. The summed E-state index contributed by atoms with van der Waals surface area (Å²) in [6.45, 7) is 0. The van der Waals surface area contributed by atoms with Gasteiger partial charge in [0, 0.05) is 0 Å². The van der Waals surface area contributed by atoms with E-state index in [1.165, 1.54) is 0 Å². The second-order valence-corrected chi connectivity index (χ2v) is 6.44. The summed E-state index contributed by atoms with van der Waals surface area (Å²) in [6, 6.07) is 13.0. The van der Waals surface area contributed by atoms with Gasteiger partial charge in [0.1, 0.15) is 11.9 Å². The third-order valence-corrected chi connectivity index (χ3v) is 4.91. The molecular formula is C18H18N2O3S. The highest BCUT2D eigenvalue weighted by atomic mass is 32.1. The van der Waals surface area contributed by atoms with Crippen LogP contribution in [0.3, 0.4) is 0 Å². The number of rotatable bonds is 2. The zero-order valence-corrected chi connectivity index (χ0v) is 14.0. The van der Waals surface area contributed by atoms with E-state index in [0.29, 0.717) is 0 Å². The van der Waals surface area contributed by atoms with Gasteiger partial charge in [-0.2, -0.15) is 0 Å². The number of aromatic hydroxyl groups is 1. The van der Waals surface area contributed by atoms with Crippen LogP contribution in [-0.4, -0.2) is 23.4 Å². The first kappa shape index (κ1) is 15.2. The molecule has 4 rings (SSSR count). The largest absolute Gasteiger partial charge is 0.508 e. The standard InChI is InChI=1S/C18H18N2O3S/c1-22-14-7-3-4-10-9-13-17(23-15(10)14)19-16(20-18(13)24)11-5-2-6-12(21)8-11/h2-8,13,16-17,19,21H,9H2,1H3,(H,20,24). The van der Waals surface area contributed by atoms with Crippen molar-refractivity contribution in [2.24, 2.45) is 5.92 Å². The number of phenols is 1. The number of thiocarbonyl (C=S) groups is 1. The Labute approximate surface area is 145 Å². The van der Waals surface area contributed by atoms with Gasteiger partial charge in [-0.05, 0) is 35.7 Å². The smallest absolute Gasteiger partial charge is 0.166 e. The van der Waals surface area contributed by atoms with Crippen molar-refractivity contribution in [3.05, 3.63) is 53.6 Å². The average Bonchev–Trinajstić information content (AvgIpc) is 2.59. The van der Waals surface area contributed by atoms with E-state index in [9.17, 15) is 5.11 Å². The lowest BCUT2D eigenvalue weighted by Crippen LogP contribution is -2.60. The molecule has 2 aliphatic heterocycles. The summed E-state index contributed by atoms with van der Waals surface area (Å²) in [6.07, 6.45) is 0.347. The van der Waals surface area contributed by atoms with Gasteiger partial charge in [-0.25, -0.2) is 0 Å². The minimum Gasteiger partial charge on any atom is -0.508 e. The van der Waals surface area contributed by atoms with Crippen molar-refractivity contribution in [1.29, 1.82) is 0 Å². The molecule has 3 atom stereocenters. The van der Waals surface area contributed by atoms with Crippen molar-refractivity contribution in [2.45, 2.75) is 18.8 Å². The van der Waals surface area contributed by atoms with Crippen LogP contribution in [-0.2, 0) is 6.42 Å². The highest BCUT2D eigenvalue weighted by Gasteiger charge is 2.40. The second kappa shape index (κ2) is 5.96. The van der Waals surface area contributed by atoms with Gasteiger partial charge in [-0.15, -0.1) is 0 Å². The summed E-state index contributed by atoms with van der Waals surface area (Å²) in [4.78, 5) is 0.764. The SMILES string of the molecule is COc1cccc2c1OC1NC(c3cccc(O)c3)NC(=S)C1C2. The molecular weight excluding hydrogens is 324 g/mol. The number of nitrogens with one attached hydrogen (secondary N) is 2. The molecule has 24 heavy (non-hydrogen) atoms. The quantitative estimate of drug-likeness (QED) is 0.729. The second-order valence-electron chi connectivity index (χ2n) is 6.00. The Hall–Kier alpha value is -2.31. The fourth-order valence-electron chi connectivity index (χ4n) is 3.29. The van der Waals surface area contributed by atoms with E-state index in [0.717, 1.165) is 34.0 Å². The Morgan fingerprint density at radius 1 is 1.25 bits per heavy atom. The van der Waals surface area contributed by atoms with E-state index in [2.05, 4.69) is 10.6 Å². The highest BCUT2D eigenvalue weighted by Crippen LogP contribution is 2.39. The molecule has 0 saturated carbocycles. The zero-order valence-electron chi connectivity index (χ0n) is 13.2. The van der Waals surface area contributed by atoms with E-state index in [4.69, 9.17) is 21.7 Å². The summed E-state index contributed by atoms with van der Waals surface area (Å²) in [5.74, 6) is 1.79. The summed E-state index contributed by atoms with van der Waals surface area (Å²) in [5, 5.41) is 16.5. The zero-order chi connectivity index (χ0) is 16.7. The van der Waals surface area contributed by atoms with Gasteiger partial charge in [-0.1, -0.05) is 36.5 Å². The Morgan fingerprint density at radius 3 is 2.88 bits per heavy atom. The van der Waals surface area contributed by atoms with Crippen molar-refractivity contribution < 1.29 is 14.6 Å². The van der Waals surface area contributed by atoms with Gasteiger partial charge in [-0.3, -0.25) is 5.32 Å². The van der Waals surface area contributed by atoms with E-state index >= 15 is 0 Å². The normalized spacial score (nSPS) is 25.0. The number of benzene rings is 2. The Bertz CT molecular complexity index is 796. The molecule has 3 unspecified atom stereocenters. The number of hydrogen-bond donors (Lipinski definition) is 3.